The molecule has 0 atom stereocenters. The van der Waals surface area contributed by atoms with E-state index in [1.165, 1.54) is 25.7 Å². The highest BCUT2D eigenvalue weighted by atomic mass is 16.5. The van der Waals surface area contributed by atoms with Crippen LogP contribution >= 0.6 is 0 Å². The maximum absolute atomic E-state index is 11.8. The van der Waals surface area contributed by atoms with Crippen molar-refractivity contribution in [2.75, 3.05) is 13.2 Å². The number of hydrogen-bond acceptors (Lipinski definition) is 3. The summed E-state index contributed by atoms with van der Waals surface area (Å²) in [6, 6.07) is 11.6. The standard InChI is InChI=1S/C20H26O3/c1-3-5-6-7-8-13-23-19-12-11-16-14-18(20(21)22-4-2)10-9-17(16)15-19/h9-12,14-15H,3-8,13H2,1-2H3. The molecule has 23 heavy (non-hydrogen) atoms. The Morgan fingerprint density at radius 2 is 1.65 bits per heavy atom. The van der Waals surface area contributed by atoms with Crippen LogP contribution in [0.2, 0.25) is 0 Å². The number of esters is 1. The van der Waals surface area contributed by atoms with Gasteiger partial charge in [0.25, 0.3) is 0 Å². The molecule has 0 fully saturated rings. The van der Waals surface area contributed by atoms with Crippen LogP contribution in [0.25, 0.3) is 10.8 Å². The zero-order valence-corrected chi connectivity index (χ0v) is 14.1. The van der Waals surface area contributed by atoms with Gasteiger partial charge in [-0.2, -0.15) is 0 Å². The normalized spacial score (nSPS) is 10.7. The highest BCUT2D eigenvalue weighted by Crippen LogP contribution is 2.22. The van der Waals surface area contributed by atoms with Crippen molar-refractivity contribution >= 4 is 16.7 Å². The summed E-state index contributed by atoms with van der Waals surface area (Å²) in [4.78, 5) is 11.8. The van der Waals surface area contributed by atoms with Crippen LogP contribution in [0.3, 0.4) is 0 Å². The molecule has 3 nitrogen and oxygen atoms in total. The van der Waals surface area contributed by atoms with Gasteiger partial charge in [0.15, 0.2) is 0 Å². The van der Waals surface area contributed by atoms with Gasteiger partial charge >= 0.3 is 5.97 Å². The van der Waals surface area contributed by atoms with E-state index < -0.39 is 0 Å². The monoisotopic (exact) mass is 314 g/mol. The van der Waals surface area contributed by atoms with Crippen molar-refractivity contribution in [2.24, 2.45) is 0 Å². The molecular formula is C20H26O3. The third kappa shape index (κ3) is 5.27. The first kappa shape index (κ1) is 17.3. The van der Waals surface area contributed by atoms with Crippen LogP contribution in [-0.2, 0) is 4.74 Å². The minimum absolute atomic E-state index is 0.276. The van der Waals surface area contributed by atoms with Gasteiger partial charge in [-0.15, -0.1) is 0 Å². The van der Waals surface area contributed by atoms with Crippen LogP contribution in [-0.4, -0.2) is 19.2 Å². The second-order valence-corrected chi connectivity index (χ2v) is 5.71. The Morgan fingerprint density at radius 1 is 0.913 bits per heavy atom. The van der Waals surface area contributed by atoms with Crippen LogP contribution < -0.4 is 4.74 Å². The molecule has 0 unspecified atom stereocenters. The van der Waals surface area contributed by atoms with Gasteiger partial charge < -0.3 is 9.47 Å². The minimum Gasteiger partial charge on any atom is -0.494 e. The molecule has 124 valence electrons. The van der Waals surface area contributed by atoms with Crippen LogP contribution in [0.5, 0.6) is 5.75 Å². The van der Waals surface area contributed by atoms with E-state index in [0.29, 0.717) is 12.2 Å². The maximum atomic E-state index is 11.8. The van der Waals surface area contributed by atoms with Gasteiger partial charge in [-0.1, -0.05) is 44.7 Å². The Bertz CT molecular complexity index is 634. The fourth-order valence-electron chi connectivity index (χ4n) is 2.55. The molecule has 0 bridgehead atoms. The van der Waals surface area contributed by atoms with Gasteiger partial charge in [0.2, 0.25) is 0 Å². The van der Waals surface area contributed by atoms with E-state index in [1.807, 2.05) is 37.3 Å². The average molecular weight is 314 g/mol. The van der Waals surface area contributed by atoms with Crippen LogP contribution in [0.4, 0.5) is 0 Å². The smallest absolute Gasteiger partial charge is 0.338 e. The van der Waals surface area contributed by atoms with Gasteiger partial charge in [0.1, 0.15) is 5.75 Å². The molecule has 0 saturated heterocycles. The topological polar surface area (TPSA) is 35.5 Å². The van der Waals surface area contributed by atoms with Gasteiger partial charge in [-0.05, 0) is 48.4 Å². The molecule has 2 aromatic rings. The zero-order chi connectivity index (χ0) is 16.5. The van der Waals surface area contributed by atoms with E-state index in [2.05, 4.69) is 6.92 Å². The second-order valence-electron chi connectivity index (χ2n) is 5.71. The number of hydrogen-bond donors (Lipinski definition) is 0. The summed E-state index contributed by atoms with van der Waals surface area (Å²) in [6.45, 7) is 5.18. The van der Waals surface area contributed by atoms with Crippen molar-refractivity contribution in [2.45, 2.75) is 46.0 Å². The largest absolute Gasteiger partial charge is 0.494 e. The van der Waals surface area contributed by atoms with Gasteiger partial charge in [-0.25, -0.2) is 4.79 Å². The van der Waals surface area contributed by atoms with Crippen LogP contribution in [0.1, 0.15) is 56.3 Å². The SMILES string of the molecule is CCCCCCCOc1ccc2cc(C(=O)OCC)ccc2c1. The fraction of sp³-hybridized carbons (Fsp3) is 0.450. The first-order valence-electron chi connectivity index (χ1n) is 8.58. The quantitative estimate of drug-likeness (QED) is 0.461. The number of rotatable bonds is 9. The molecule has 2 rings (SSSR count). The van der Waals surface area contributed by atoms with E-state index in [0.717, 1.165) is 29.5 Å². The number of benzene rings is 2. The van der Waals surface area contributed by atoms with Crippen molar-refractivity contribution in [3.63, 3.8) is 0 Å². The molecule has 0 heterocycles. The van der Waals surface area contributed by atoms with E-state index >= 15 is 0 Å². The Balaban J connectivity index is 1.94. The van der Waals surface area contributed by atoms with Crippen molar-refractivity contribution in [1.82, 2.24) is 0 Å². The molecule has 0 aliphatic heterocycles. The summed E-state index contributed by atoms with van der Waals surface area (Å²) < 4.78 is 10.8. The molecule has 0 aromatic heterocycles. The highest BCUT2D eigenvalue weighted by molar-refractivity contribution is 5.95. The predicted molar refractivity (Wildman–Crippen MR) is 94.2 cm³/mol. The molecule has 0 N–H and O–H groups in total. The number of ether oxygens (including phenoxy) is 2. The minimum atomic E-state index is -0.276. The van der Waals surface area contributed by atoms with Crippen LogP contribution in [0, 0.1) is 0 Å². The van der Waals surface area contributed by atoms with E-state index in [4.69, 9.17) is 9.47 Å². The molecule has 0 amide bonds. The highest BCUT2D eigenvalue weighted by Gasteiger charge is 2.07. The molecule has 0 saturated carbocycles. The average Bonchev–Trinajstić information content (AvgIpc) is 2.57. The maximum Gasteiger partial charge on any atom is 0.338 e. The number of fused-ring (bicyclic) bond motifs is 1. The molecular weight excluding hydrogens is 288 g/mol. The molecule has 0 aliphatic carbocycles. The van der Waals surface area contributed by atoms with E-state index in [1.54, 1.807) is 6.07 Å². The predicted octanol–water partition coefficient (Wildman–Crippen LogP) is 5.37. The van der Waals surface area contributed by atoms with Crippen molar-refractivity contribution in [1.29, 1.82) is 0 Å². The Morgan fingerprint density at radius 3 is 2.43 bits per heavy atom. The number of carbonyl (C=O) groups excluding carboxylic acids is 1. The van der Waals surface area contributed by atoms with E-state index in [9.17, 15) is 4.79 Å². The summed E-state index contributed by atoms with van der Waals surface area (Å²) in [5.41, 5.74) is 0.587. The molecule has 0 spiro atoms. The lowest BCUT2D eigenvalue weighted by Gasteiger charge is -2.08. The number of carbonyl (C=O) groups is 1. The zero-order valence-electron chi connectivity index (χ0n) is 14.1. The molecule has 0 aliphatic rings. The Labute approximate surface area is 138 Å². The first-order valence-corrected chi connectivity index (χ1v) is 8.58. The summed E-state index contributed by atoms with van der Waals surface area (Å²) in [6.07, 6.45) is 6.18. The lowest BCUT2D eigenvalue weighted by atomic mass is 10.1. The third-order valence-corrected chi connectivity index (χ3v) is 3.84. The summed E-state index contributed by atoms with van der Waals surface area (Å²) in [5, 5.41) is 2.09. The van der Waals surface area contributed by atoms with Crippen molar-refractivity contribution < 1.29 is 14.3 Å². The molecule has 3 heteroatoms. The molecule has 0 radical (unpaired) electrons. The van der Waals surface area contributed by atoms with Gasteiger partial charge in [0, 0.05) is 0 Å². The van der Waals surface area contributed by atoms with Crippen molar-refractivity contribution in [3.05, 3.63) is 42.0 Å². The summed E-state index contributed by atoms with van der Waals surface area (Å²) in [5.74, 6) is 0.610. The van der Waals surface area contributed by atoms with Gasteiger partial charge in [-0.3, -0.25) is 0 Å². The van der Waals surface area contributed by atoms with Crippen LogP contribution in [0.15, 0.2) is 36.4 Å². The van der Waals surface area contributed by atoms with E-state index in [-0.39, 0.29) is 5.97 Å². The lowest BCUT2D eigenvalue weighted by molar-refractivity contribution is 0.0526. The number of unbranched alkanes of at least 4 members (excludes halogenated alkanes) is 4. The van der Waals surface area contributed by atoms with Gasteiger partial charge in [0.05, 0.1) is 18.8 Å². The van der Waals surface area contributed by atoms with Crippen molar-refractivity contribution in [3.8, 4) is 5.75 Å². The lowest BCUT2D eigenvalue weighted by Crippen LogP contribution is -2.04. The Kier molecular flexibility index (Phi) is 6.92. The first-order chi connectivity index (χ1) is 11.2. The Hall–Kier alpha value is -2.03. The molecule has 2 aromatic carbocycles. The summed E-state index contributed by atoms with van der Waals surface area (Å²) >= 11 is 0. The third-order valence-electron chi connectivity index (χ3n) is 3.84. The summed E-state index contributed by atoms with van der Waals surface area (Å²) in [7, 11) is 0. The fourth-order valence-corrected chi connectivity index (χ4v) is 2.55. The second kappa shape index (κ2) is 9.19.